The number of benzene rings is 1. The van der Waals surface area contributed by atoms with Crippen molar-refractivity contribution in [1.82, 2.24) is 4.90 Å². The molecular formula is C17H26N2O. The molecule has 3 heteroatoms. The van der Waals surface area contributed by atoms with Crippen molar-refractivity contribution in [3.05, 3.63) is 29.3 Å². The molecular weight excluding hydrogens is 248 g/mol. The van der Waals surface area contributed by atoms with Crippen LogP contribution in [-0.4, -0.2) is 30.4 Å². The Morgan fingerprint density at radius 1 is 1.15 bits per heavy atom. The van der Waals surface area contributed by atoms with Crippen LogP contribution in [-0.2, 0) is 17.6 Å². The summed E-state index contributed by atoms with van der Waals surface area (Å²) in [4.78, 5) is 14.3. The number of aryl methyl sites for hydroxylation is 2. The van der Waals surface area contributed by atoms with Crippen LogP contribution in [0.5, 0.6) is 0 Å². The Bertz CT molecular complexity index is 450. The van der Waals surface area contributed by atoms with Crippen LogP contribution in [0.1, 0.15) is 44.2 Å². The van der Waals surface area contributed by atoms with Gasteiger partial charge in [0.15, 0.2) is 0 Å². The number of amides is 1. The molecule has 1 aromatic carbocycles. The molecule has 1 aromatic rings. The van der Waals surface area contributed by atoms with E-state index in [9.17, 15) is 4.79 Å². The fourth-order valence-corrected chi connectivity index (χ4v) is 2.96. The van der Waals surface area contributed by atoms with E-state index in [4.69, 9.17) is 0 Å². The average Bonchev–Trinajstić information content (AvgIpc) is 2.86. The maximum atomic E-state index is 12.1. The number of fused-ring (bicyclic) bond motifs is 1. The third kappa shape index (κ3) is 4.07. The summed E-state index contributed by atoms with van der Waals surface area (Å²) in [5, 5.41) is 3.04. The van der Waals surface area contributed by atoms with Crippen molar-refractivity contribution in [1.29, 1.82) is 0 Å². The van der Waals surface area contributed by atoms with Gasteiger partial charge in [0.25, 0.3) is 0 Å². The SMILES string of the molecule is CCCN(CCC)CC(=O)Nc1ccc2c(c1)CCC2. The molecule has 0 heterocycles. The lowest BCUT2D eigenvalue weighted by Crippen LogP contribution is -2.34. The topological polar surface area (TPSA) is 32.3 Å². The van der Waals surface area contributed by atoms with Gasteiger partial charge in [0, 0.05) is 5.69 Å². The van der Waals surface area contributed by atoms with Crippen LogP contribution in [0, 0.1) is 0 Å². The van der Waals surface area contributed by atoms with Gasteiger partial charge in [-0.2, -0.15) is 0 Å². The van der Waals surface area contributed by atoms with Crippen molar-refractivity contribution in [2.24, 2.45) is 0 Å². The molecule has 0 saturated carbocycles. The Labute approximate surface area is 122 Å². The molecule has 20 heavy (non-hydrogen) atoms. The number of anilines is 1. The maximum absolute atomic E-state index is 12.1. The molecule has 1 aliphatic carbocycles. The van der Waals surface area contributed by atoms with Gasteiger partial charge in [0.2, 0.25) is 5.91 Å². The molecule has 0 bridgehead atoms. The minimum absolute atomic E-state index is 0.102. The smallest absolute Gasteiger partial charge is 0.238 e. The first-order chi connectivity index (χ1) is 9.72. The first-order valence-electron chi connectivity index (χ1n) is 7.87. The van der Waals surface area contributed by atoms with E-state index in [1.165, 1.54) is 24.0 Å². The summed E-state index contributed by atoms with van der Waals surface area (Å²) >= 11 is 0. The number of hydrogen-bond donors (Lipinski definition) is 1. The summed E-state index contributed by atoms with van der Waals surface area (Å²) in [6.07, 6.45) is 5.76. The number of carbonyl (C=O) groups excluding carboxylic acids is 1. The highest BCUT2D eigenvalue weighted by Gasteiger charge is 2.13. The molecule has 1 aliphatic rings. The molecule has 110 valence electrons. The molecule has 1 amide bonds. The van der Waals surface area contributed by atoms with E-state index in [2.05, 4.69) is 36.2 Å². The third-order valence-corrected chi connectivity index (χ3v) is 3.83. The van der Waals surface area contributed by atoms with Gasteiger partial charge >= 0.3 is 0 Å². The van der Waals surface area contributed by atoms with Crippen molar-refractivity contribution in [3.8, 4) is 0 Å². The minimum atomic E-state index is 0.102. The second-order valence-electron chi connectivity index (χ2n) is 5.66. The Hall–Kier alpha value is -1.35. The molecule has 0 fully saturated rings. The van der Waals surface area contributed by atoms with E-state index in [1.54, 1.807) is 0 Å². The van der Waals surface area contributed by atoms with Crippen LogP contribution in [0.25, 0.3) is 0 Å². The Morgan fingerprint density at radius 2 is 1.85 bits per heavy atom. The molecule has 0 atom stereocenters. The van der Waals surface area contributed by atoms with Crippen molar-refractivity contribution in [2.45, 2.75) is 46.0 Å². The number of nitrogens with one attached hydrogen (secondary N) is 1. The van der Waals surface area contributed by atoms with Crippen LogP contribution in [0.2, 0.25) is 0 Å². The van der Waals surface area contributed by atoms with Gasteiger partial charge in [-0.15, -0.1) is 0 Å². The van der Waals surface area contributed by atoms with Gasteiger partial charge < -0.3 is 5.32 Å². The first kappa shape index (κ1) is 15.0. The zero-order valence-electron chi connectivity index (χ0n) is 12.7. The number of nitrogens with zero attached hydrogens (tertiary/aromatic N) is 1. The quantitative estimate of drug-likeness (QED) is 0.828. The van der Waals surface area contributed by atoms with Gasteiger partial charge in [-0.1, -0.05) is 19.9 Å². The molecule has 0 radical (unpaired) electrons. The van der Waals surface area contributed by atoms with Gasteiger partial charge in [-0.3, -0.25) is 9.69 Å². The highest BCUT2D eigenvalue weighted by Crippen LogP contribution is 2.24. The summed E-state index contributed by atoms with van der Waals surface area (Å²) in [5.74, 6) is 0.102. The Morgan fingerprint density at radius 3 is 2.55 bits per heavy atom. The minimum Gasteiger partial charge on any atom is -0.325 e. The van der Waals surface area contributed by atoms with E-state index >= 15 is 0 Å². The maximum Gasteiger partial charge on any atom is 0.238 e. The zero-order chi connectivity index (χ0) is 14.4. The van der Waals surface area contributed by atoms with Crippen molar-refractivity contribution in [2.75, 3.05) is 25.0 Å². The van der Waals surface area contributed by atoms with Crippen molar-refractivity contribution < 1.29 is 4.79 Å². The van der Waals surface area contributed by atoms with Gasteiger partial charge in [0.1, 0.15) is 0 Å². The van der Waals surface area contributed by atoms with Crippen LogP contribution >= 0.6 is 0 Å². The van der Waals surface area contributed by atoms with E-state index in [0.717, 1.165) is 38.0 Å². The number of hydrogen-bond acceptors (Lipinski definition) is 2. The Kier molecular flexibility index (Phi) is 5.60. The summed E-state index contributed by atoms with van der Waals surface area (Å²) in [5.41, 5.74) is 3.80. The number of carbonyl (C=O) groups is 1. The molecule has 2 rings (SSSR count). The van der Waals surface area contributed by atoms with Crippen molar-refractivity contribution >= 4 is 11.6 Å². The van der Waals surface area contributed by atoms with Gasteiger partial charge in [0.05, 0.1) is 6.54 Å². The largest absolute Gasteiger partial charge is 0.325 e. The van der Waals surface area contributed by atoms with E-state index < -0.39 is 0 Å². The van der Waals surface area contributed by atoms with Gasteiger partial charge in [-0.05, 0) is 68.5 Å². The molecule has 0 aliphatic heterocycles. The standard InChI is InChI=1S/C17H26N2O/c1-3-10-19(11-4-2)13-17(20)18-16-9-8-14-6-5-7-15(14)12-16/h8-9,12H,3-7,10-11,13H2,1-2H3,(H,18,20). The van der Waals surface area contributed by atoms with Gasteiger partial charge in [-0.25, -0.2) is 0 Å². The molecule has 0 spiro atoms. The lowest BCUT2D eigenvalue weighted by Gasteiger charge is -2.20. The zero-order valence-corrected chi connectivity index (χ0v) is 12.7. The lowest BCUT2D eigenvalue weighted by atomic mass is 10.1. The fourth-order valence-electron chi connectivity index (χ4n) is 2.96. The molecule has 1 N–H and O–H groups in total. The lowest BCUT2D eigenvalue weighted by molar-refractivity contribution is -0.117. The monoisotopic (exact) mass is 274 g/mol. The second-order valence-corrected chi connectivity index (χ2v) is 5.66. The van der Waals surface area contributed by atoms with E-state index in [0.29, 0.717) is 6.54 Å². The highest BCUT2D eigenvalue weighted by molar-refractivity contribution is 5.92. The average molecular weight is 274 g/mol. The first-order valence-corrected chi connectivity index (χ1v) is 7.87. The predicted octanol–water partition coefficient (Wildman–Crippen LogP) is 3.24. The van der Waals surface area contributed by atoms with Crippen molar-refractivity contribution in [3.63, 3.8) is 0 Å². The highest BCUT2D eigenvalue weighted by atomic mass is 16.2. The molecule has 0 saturated heterocycles. The Balaban J connectivity index is 1.90. The number of rotatable bonds is 7. The van der Waals surface area contributed by atoms with E-state index in [1.807, 2.05) is 6.07 Å². The van der Waals surface area contributed by atoms with Crippen LogP contribution in [0.4, 0.5) is 5.69 Å². The summed E-state index contributed by atoms with van der Waals surface area (Å²) in [7, 11) is 0. The molecule has 3 nitrogen and oxygen atoms in total. The van der Waals surface area contributed by atoms with E-state index in [-0.39, 0.29) is 5.91 Å². The predicted molar refractivity (Wildman–Crippen MR) is 84.1 cm³/mol. The van der Waals surface area contributed by atoms with Crippen LogP contribution < -0.4 is 5.32 Å². The fraction of sp³-hybridized carbons (Fsp3) is 0.588. The summed E-state index contributed by atoms with van der Waals surface area (Å²) in [6, 6.07) is 6.34. The van der Waals surface area contributed by atoms with Crippen LogP contribution in [0.3, 0.4) is 0 Å². The molecule has 0 aromatic heterocycles. The summed E-state index contributed by atoms with van der Waals surface area (Å²) < 4.78 is 0. The summed E-state index contributed by atoms with van der Waals surface area (Å²) in [6.45, 7) is 6.79. The van der Waals surface area contributed by atoms with Crippen LogP contribution in [0.15, 0.2) is 18.2 Å². The normalized spacial score (nSPS) is 13.6. The second kappa shape index (κ2) is 7.44. The molecule has 0 unspecified atom stereocenters. The third-order valence-electron chi connectivity index (χ3n) is 3.83.